The molecule has 0 aliphatic heterocycles. The number of anilines is 3. The van der Waals surface area contributed by atoms with Crippen LogP contribution in [-0.4, -0.2) is 9.97 Å². The van der Waals surface area contributed by atoms with E-state index < -0.39 is 0 Å². The lowest BCUT2D eigenvalue weighted by Gasteiger charge is -2.07. The zero-order valence-corrected chi connectivity index (χ0v) is 11.0. The summed E-state index contributed by atoms with van der Waals surface area (Å²) in [6.07, 6.45) is 1.63. The fourth-order valence-electron chi connectivity index (χ4n) is 1.96. The Bertz CT molecular complexity index is 722. The number of nitrogens with zero attached hydrogens (tertiary/aromatic N) is 2. The minimum Gasteiger partial charge on any atom is -0.469 e. The summed E-state index contributed by atoms with van der Waals surface area (Å²) in [5, 5.41) is 3.13. The average molecular weight is 266 g/mol. The van der Waals surface area contributed by atoms with E-state index in [1.807, 2.05) is 43.3 Å². The quantitative estimate of drug-likeness (QED) is 0.760. The van der Waals surface area contributed by atoms with E-state index in [0.717, 1.165) is 22.7 Å². The van der Waals surface area contributed by atoms with E-state index in [4.69, 9.17) is 10.2 Å². The van der Waals surface area contributed by atoms with Gasteiger partial charge in [-0.15, -0.1) is 0 Å². The molecule has 1 aromatic carbocycles. The van der Waals surface area contributed by atoms with Crippen molar-refractivity contribution in [3.63, 3.8) is 0 Å². The van der Waals surface area contributed by atoms with Gasteiger partial charge in [-0.05, 0) is 25.1 Å². The third kappa shape index (κ3) is 2.47. The van der Waals surface area contributed by atoms with Crippen molar-refractivity contribution < 1.29 is 4.42 Å². The van der Waals surface area contributed by atoms with Crippen LogP contribution in [0.3, 0.4) is 0 Å². The molecule has 5 heteroatoms. The van der Waals surface area contributed by atoms with E-state index in [-0.39, 0.29) is 0 Å². The lowest BCUT2D eigenvalue weighted by atomic mass is 10.2. The standard InChI is InChI=1S/C15H14N4O/c1-10-12(7-8-20-10)13-9-14(16)19-15(18-13)17-11-5-3-2-4-6-11/h2-9H,1H3,(H3,16,17,18,19). The van der Waals surface area contributed by atoms with Crippen LogP contribution in [0.15, 0.2) is 53.1 Å². The van der Waals surface area contributed by atoms with Gasteiger partial charge in [0.25, 0.3) is 0 Å². The van der Waals surface area contributed by atoms with Gasteiger partial charge < -0.3 is 15.5 Å². The van der Waals surface area contributed by atoms with Gasteiger partial charge in [0.2, 0.25) is 5.95 Å². The molecule has 0 bridgehead atoms. The van der Waals surface area contributed by atoms with Crippen molar-refractivity contribution in [2.45, 2.75) is 6.92 Å². The topological polar surface area (TPSA) is 77.0 Å². The Morgan fingerprint density at radius 1 is 1.10 bits per heavy atom. The van der Waals surface area contributed by atoms with Crippen molar-refractivity contribution in [3.05, 3.63) is 54.5 Å². The molecule has 100 valence electrons. The van der Waals surface area contributed by atoms with Crippen molar-refractivity contribution in [3.8, 4) is 11.3 Å². The number of nitrogens with one attached hydrogen (secondary N) is 1. The Morgan fingerprint density at radius 3 is 2.60 bits per heavy atom. The number of para-hydroxylation sites is 1. The number of benzene rings is 1. The van der Waals surface area contributed by atoms with Crippen molar-refractivity contribution in [2.24, 2.45) is 0 Å². The number of hydrogen-bond donors (Lipinski definition) is 2. The van der Waals surface area contributed by atoms with Crippen molar-refractivity contribution in [1.29, 1.82) is 0 Å². The monoisotopic (exact) mass is 266 g/mol. The number of rotatable bonds is 3. The molecule has 0 spiro atoms. The van der Waals surface area contributed by atoms with Crippen LogP contribution in [0.4, 0.5) is 17.5 Å². The molecule has 5 nitrogen and oxygen atoms in total. The Kier molecular flexibility index (Phi) is 3.09. The van der Waals surface area contributed by atoms with Crippen LogP contribution in [0.2, 0.25) is 0 Å². The van der Waals surface area contributed by atoms with Crippen LogP contribution in [0.25, 0.3) is 11.3 Å². The highest BCUT2D eigenvalue weighted by molar-refractivity contribution is 5.66. The summed E-state index contributed by atoms with van der Waals surface area (Å²) in [6.45, 7) is 1.89. The van der Waals surface area contributed by atoms with Crippen molar-refractivity contribution >= 4 is 17.5 Å². The lowest BCUT2D eigenvalue weighted by Crippen LogP contribution is -2.01. The molecule has 0 atom stereocenters. The largest absolute Gasteiger partial charge is 0.469 e. The highest BCUT2D eigenvalue weighted by atomic mass is 16.3. The van der Waals surface area contributed by atoms with Crippen LogP contribution < -0.4 is 11.1 Å². The zero-order chi connectivity index (χ0) is 13.9. The molecule has 0 aliphatic rings. The smallest absolute Gasteiger partial charge is 0.229 e. The maximum Gasteiger partial charge on any atom is 0.229 e. The minimum absolute atomic E-state index is 0.411. The molecule has 0 saturated carbocycles. The van der Waals surface area contributed by atoms with E-state index in [1.54, 1.807) is 12.3 Å². The van der Waals surface area contributed by atoms with Crippen LogP contribution in [-0.2, 0) is 0 Å². The predicted molar refractivity (Wildman–Crippen MR) is 78.6 cm³/mol. The SMILES string of the molecule is Cc1occc1-c1cc(N)nc(Nc2ccccc2)n1. The first-order valence-electron chi connectivity index (χ1n) is 6.23. The Hall–Kier alpha value is -2.82. The summed E-state index contributed by atoms with van der Waals surface area (Å²) >= 11 is 0. The summed E-state index contributed by atoms with van der Waals surface area (Å²) in [6, 6.07) is 13.3. The number of aryl methyl sites for hydroxylation is 1. The highest BCUT2D eigenvalue weighted by Gasteiger charge is 2.09. The Balaban J connectivity index is 1.97. The molecule has 0 unspecified atom stereocenters. The first kappa shape index (κ1) is 12.2. The van der Waals surface area contributed by atoms with Gasteiger partial charge in [-0.3, -0.25) is 0 Å². The number of nitrogen functional groups attached to an aromatic ring is 1. The zero-order valence-electron chi connectivity index (χ0n) is 11.0. The van der Waals surface area contributed by atoms with Crippen molar-refractivity contribution in [1.82, 2.24) is 9.97 Å². The average Bonchev–Trinajstić information content (AvgIpc) is 2.85. The highest BCUT2D eigenvalue weighted by Crippen LogP contribution is 2.25. The van der Waals surface area contributed by atoms with Gasteiger partial charge in [0.05, 0.1) is 12.0 Å². The second-order valence-electron chi connectivity index (χ2n) is 4.38. The molecule has 0 aliphatic carbocycles. The predicted octanol–water partition coefficient (Wildman–Crippen LogP) is 3.37. The van der Waals surface area contributed by atoms with Gasteiger partial charge >= 0.3 is 0 Å². The van der Waals surface area contributed by atoms with Crippen LogP contribution in [0.5, 0.6) is 0 Å². The first-order valence-corrected chi connectivity index (χ1v) is 6.23. The molecule has 3 N–H and O–H groups in total. The summed E-state index contributed by atoms with van der Waals surface area (Å²) in [5.74, 6) is 1.68. The molecule has 0 amide bonds. The maximum absolute atomic E-state index is 5.85. The molecule has 0 saturated heterocycles. The van der Waals surface area contributed by atoms with Gasteiger partial charge in [0.1, 0.15) is 11.6 Å². The van der Waals surface area contributed by atoms with Gasteiger partial charge in [0, 0.05) is 17.3 Å². The van der Waals surface area contributed by atoms with Crippen molar-refractivity contribution in [2.75, 3.05) is 11.1 Å². The Morgan fingerprint density at radius 2 is 1.90 bits per heavy atom. The molecule has 3 rings (SSSR count). The second kappa shape index (κ2) is 5.05. The molecular formula is C15H14N4O. The molecule has 3 aromatic rings. The summed E-state index contributed by atoms with van der Waals surface area (Å²) in [7, 11) is 0. The first-order chi connectivity index (χ1) is 9.72. The second-order valence-corrected chi connectivity index (χ2v) is 4.38. The van der Waals surface area contributed by atoms with Crippen LogP contribution in [0.1, 0.15) is 5.76 Å². The third-order valence-corrected chi connectivity index (χ3v) is 2.91. The van der Waals surface area contributed by atoms with E-state index in [9.17, 15) is 0 Å². The van der Waals surface area contributed by atoms with E-state index in [0.29, 0.717) is 11.8 Å². The molecule has 2 aromatic heterocycles. The fraction of sp³-hybridized carbons (Fsp3) is 0.0667. The van der Waals surface area contributed by atoms with E-state index >= 15 is 0 Å². The number of aromatic nitrogens is 2. The number of furan rings is 1. The Labute approximate surface area is 116 Å². The normalized spacial score (nSPS) is 10.4. The van der Waals surface area contributed by atoms with Gasteiger partial charge in [0.15, 0.2) is 0 Å². The molecule has 0 radical (unpaired) electrons. The van der Waals surface area contributed by atoms with Crippen LogP contribution >= 0.6 is 0 Å². The molecule has 2 heterocycles. The van der Waals surface area contributed by atoms with Gasteiger partial charge in [-0.25, -0.2) is 4.98 Å². The third-order valence-electron chi connectivity index (χ3n) is 2.91. The van der Waals surface area contributed by atoms with Gasteiger partial charge in [-0.2, -0.15) is 4.98 Å². The maximum atomic E-state index is 5.85. The molecular weight excluding hydrogens is 252 g/mol. The minimum atomic E-state index is 0.411. The van der Waals surface area contributed by atoms with E-state index in [2.05, 4.69) is 15.3 Å². The number of nitrogens with two attached hydrogens (primary N) is 1. The van der Waals surface area contributed by atoms with Crippen LogP contribution in [0, 0.1) is 6.92 Å². The lowest BCUT2D eigenvalue weighted by molar-refractivity contribution is 0.535. The molecule has 20 heavy (non-hydrogen) atoms. The summed E-state index contributed by atoms with van der Waals surface area (Å²) in [4.78, 5) is 8.66. The van der Waals surface area contributed by atoms with Gasteiger partial charge in [-0.1, -0.05) is 18.2 Å². The fourth-order valence-corrected chi connectivity index (χ4v) is 1.96. The molecule has 0 fully saturated rings. The number of hydrogen-bond acceptors (Lipinski definition) is 5. The summed E-state index contributed by atoms with van der Waals surface area (Å²) in [5.41, 5.74) is 8.41. The van der Waals surface area contributed by atoms with E-state index in [1.165, 1.54) is 0 Å². The summed E-state index contributed by atoms with van der Waals surface area (Å²) < 4.78 is 5.30.